The molecule has 4 aliphatic carbocycles. The summed E-state index contributed by atoms with van der Waals surface area (Å²) in [6.07, 6.45) is 33.1. The Labute approximate surface area is 788 Å². The number of nitrogens with zero attached hydrogens (tertiary/aromatic N) is 12. The van der Waals surface area contributed by atoms with Crippen LogP contribution in [0.4, 0.5) is 34.1 Å². The summed E-state index contributed by atoms with van der Waals surface area (Å²) in [5, 5.41) is 2.89. The van der Waals surface area contributed by atoms with Gasteiger partial charge in [-0.05, 0) is 161 Å². The summed E-state index contributed by atoms with van der Waals surface area (Å²) in [6, 6.07) is 39.7. The zero-order valence-corrected chi connectivity index (χ0v) is 82.0. The van der Waals surface area contributed by atoms with Crippen LogP contribution < -0.4 is 60.1 Å². The van der Waals surface area contributed by atoms with Crippen LogP contribution in [-0.4, -0.2) is 191 Å². The molecular formula is C107H142N12O7S4. The average molecular weight is 1840 g/mol. The predicted molar refractivity (Wildman–Crippen MR) is 551 cm³/mol. The Morgan fingerprint density at radius 3 is 1.06 bits per heavy atom. The SMILES string of the molecule is CCCCCCCc1cc2nc3ccc(N4CCC4)cc3sc-2cc1=O.CCCCCCCc1cc2nc3ccc(N4CCC4)cc3sc-2cc1=[N+]1CCC1.CCCCCCCc1cc2nc3ccc(N4CCOCC4)cc3sc-2c(N2CCOCC2)c1=O.CCCCCCCc1cc2nc3ccc(N4CCOCC4)cc3sc-2c(N2CCOCC2)c1=[N+]1CCOCC1.[CH3-].[CH3-]. The molecule has 0 N–H and O–H groups in total. The van der Waals surface area contributed by atoms with E-state index in [1.807, 2.05) is 28.7 Å². The molecule has 696 valence electrons. The molecule has 0 aromatic heterocycles. The molecule has 130 heavy (non-hydrogen) atoms. The lowest BCUT2D eigenvalue weighted by molar-refractivity contribution is 0.0962. The second-order valence-electron chi connectivity index (χ2n) is 36.2. The van der Waals surface area contributed by atoms with Crippen LogP contribution in [-0.2, 0) is 49.4 Å². The van der Waals surface area contributed by atoms with Gasteiger partial charge in [0.25, 0.3) is 0 Å². The lowest BCUT2D eigenvalue weighted by Crippen LogP contribution is -2.46. The lowest BCUT2D eigenvalue weighted by Gasteiger charge is -2.33. The summed E-state index contributed by atoms with van der Waals surface area (Å²) in [4.78, 5) is 65.5. The van der Waals surface area contributed by atoms with Crippen LogP contribution >= 0.6 is 45.3 Å². The van der Waals surface area contributed by atoms with Crippen molar-refractivity contribution in [2.45, 2.75) is 201 Å². The molecule has 0 radical (unpaired) electrons. The van der Waals surface area contributed by atoms with E-state index in [1.165, 1.54) is 243 Å². The Kier molecular flexibility index (Phi) is 35.5. The third kappa shape index (κ3) is 23.9. The van der Waals surface area contributed by atoms with E-state index in [-0.39, 0.29) is 25.7 Å². The molecule has 0 saturated carbocycles. The number of morpholine rings is 5. The molecule has 0 bridgehead atoms. The van der Waals surface area contributed by atoms with E-state index in [4.69, 9.17) is 43.6 Å². The highest BCUT2D eigenvalue weighted by Crippen LogP contribution is 2.43. The molecule has 16 aliphatic rings. The molecule has 0 amide bonds. The number of hydrogen-bond donors (Lipinski definition) is 0. The van der Waals surface area contributed by atoms with Gasteiger partial charge in [0.2, 0.25) is 16.1 Å². The maximum atomic E-state index is 13.7. The second-order valence-corrected chi connectivity index (χ2v) is 40.4. The van der Waals surface area contributed by atoms with Gasteiger partial charge in [0.15, 0.2) is 18.5 Å². The monoisotopic (exact) mass is 1840 g/mol. The maximum absolute atomic E-state index is 13.7. The molecule has 0 unspecified atom stereocenters. The topological polar surface area (TPSA) is 157 Å². The van der Waals surface area contributed by atoms with Gasteiger partial charge in [0.1, 0.15) is 37.7 Å². The van der Waals surface area contributed by atoms with E-state index < -0.39 is 0 Å². The first kappa shape index (κ1) is 96.2. The molecule has 23 heteroatoms. The van der Waals surface area contributed by atoms with Crippen molar-refractivity contribution in [1.82, 2.24) is 29.1 Å². The lowest BCUT2D eigenvalue weighted by atomic mass is 10.0. The fourth-order valence-electron chi connectivity index (χ4n) is 19.1. The molecular weight excluding hydrogens is 1690 g/mol. The fraction of sp³-hybridized carbons (Fsp3) is 0.533. The van der Waals surface area contributed by atoms with Crippen LogP contribution in [0.2, 0.25) is 0 Å². The minimum Gasteiger partial charge on any atom is -0.378 e. The molecule has 8 saturated heterocycles. The number of aromatic nitrogens is 4. The van der Waals surface area contributed by atoms with Gasteiger partial charge in [-0.25, -0.2) is 29.1 Å². The van der Waals surface area contributed by atoms with Crippen LogP contribution in [0.3, 0.4) is 0 Å². The molecule has 0 spiro atoms. The number of fused-ring (bicyclic) bond motifs is 8. The Bertz CT molecular complexity index is 5800. The number of unbranched alkanes of at least 4 members (excludes halogenated alkanes) is 16. The zero-order chi connectivity index (χ0) is 87.3. The van der Waals surface area contributed by atoms with Gasteiger partial charge >= 0.3 is 0 Å². The third-order valence-corrected chi connectivity index (χ3v) is 31.5. The summed E-state index contributed by atoms with van der Waals surface area (Å²) in [7, 11) is 0. The van der Waals surface area contributed by atoms with Gasteiger partial charge < -0.3 is 67.9 Å². The van der Waals surface area contributed by atoms with Crippen molar-refractivity contribution in [3.05, 3.63) is 177 Å². The summed E-state index contributed by atoms with van der Waals surface area (Å²) in [5.74, 6) is 0. The Hall–Kier alpha value is -8.36. The average Bonchev–Trinajstić information content (AvgIpc) is 0.740. The van der Waals surface area contributed by atoms with Gasteiger partial charge in [-0.15, -0.1) is 45.3 Å². The normalized spacial score (nSPS) is 16.6. The van der Waals surface area contributed by atoms with Crippen molar-refractivity contribution in [2.75, 3.05) is 200 Å². The van der Waals surface area contributed by atoms with Crippen molar-refractivity contribution in [2.24, 2.45) is 0 Å². The minimum absolute atomic E-state index is 0. The molecule has 19 nitrogen and oxygen atoms in total. The number of rotatable bonds is 30. The summed E-state index contributed by atoms with van der Waals surface area (Å²) in [6.45, 7) is 32.6. The molecule has 8 fully saturated rings. The van der Waals surface area contributed by atoms with Crippen molar-refractivity contribution < 1.29 is 23.7 Å². The highest BCUT2D eigenvalue weighted by atomic mass is 32.1. The minimum atomic E-state index is 0. The van der Waals surface area contributed by atoms with Crippen molar-refractivity contribution in [3.63, 3.8) is 0 Å². The Balaban J connectivity index is 0.000000134. The van der Waals surface area contributed by atoms with Crippen LogP contribution in [0, 0.1) is 14.9 Å². The van der Waals surface area contributed by atoms with Crippen molar-refractivity contribution in [3.8, 4) is 42.3 Å². The summed E-state index contributed by atoms with van der Waals surface area (Å²) < 4.78 is 38.3. The molecule has 0 atom stereocenters. The molecule has 12 aliphatic heterocycles. The first-order valence-electron chi connectivity index (χ1n) is 49.2. The van der Waals surface area contributed by atoms with Gasteiger partial charge in [-0.2, -0.15) is 0 Å². The second kappa shape index (κ2) is 48.0. The van der Waals surface area contributed by atoms with E-state index in [9.17, 15) is 9.59 Å². The number of benzene rings is 8. The van der Waals surface area contributed by atoms with Crippen LogP contribution in [0.15, 0.2) is 119 Å². The van der Waals surface area contributed by atoms with Crippen LogP contribution in [0.1, 0.15) is 198 Å². The fourth-order valence-corrected chi connectivity index (χ4v) is 23.4. The molecule has 12 heterocycles. The first-order chi connectivity index (χ1) is 63.1. The quantitative estimate of drug-likeness (QED) is 0.0181. The number of hydrogen-bond acceptors (Lipinski definition) is 21. The Morgan fingerprint density at radius 2 is 0.646 bits per heavy atom. The molecule has 20 rings (SSSR count). The largest absolute Gasteiger partial charge is 0.378 e. The molecule has 4 aromatic carbocycles. The van der Waals surface area contributed by atoms with E-state index in [0.717, 1.165) is 239 Å². The van der Waals surface area contributed by atoms with Crippen LogP contribution in [0.5, 0.6) is 0 Å². The van der Waals surface area contributed by atoms with Crippen molar-refractivity contribution >= 4 is 120 Å². The third-order valence-electron chi connectivity index (χ3n) is 27.0. The van der Waals surface area contributed by atoms with Gasteiger partial charge in [-0.3, -0.25) is 9.59 Å². The van der Waals surface area contributed by atoms with Crippen LogP contribution in [0.25, 0.3) is 83.2 Å². The smallest absolute Gasteiger partial charge is 0.228 e. The summed E-state index contributed by atoms with van der Waals surface area (Å²) in [5.41, 5.74) is 20.9. The zero-order valence-electron chi connectivity index (χ0n) is 78.7. The number of anilines is 6. The summed E-state index contributed by atoms with van der Waals surface area (Å²) >= 11 is 7.21. The Morgan fingerprint density at radius 1 is 0.308 bits per heavy atom. The van der Waals surface area contributed by atoms with E-state index in [2.05, 4.69) is 163 Å². The van der Waals surface area contributed by atoms with E-state index in [0.29, 0.717) is 13.2 Å². The van der Waals surface area contributed by atoms with Gasteiger partial charge in [0.05, 0.1) is 142 Å². The first-order valence-corrected chi connectivity index (χ1v) is 52.5. The van der Waals surface area contributed by atoms with Gasteiger partial charge in [-0.1, -0.05) is 130 Å². The van der Waals surface area contributed by atoms with Crippen molar-refractivity contribution in [1.29, 1.82) is 0 Å². The van der Waals surface area contributed by atoms with E-state index in [1.54, 1.807) is 28.7 Å². The predicted octanol–water partition coefficient (Wildman–Crippen LogP) is 21.0. The standard InChI is InChI=1S/C31H43N4O3S.C27H35N3O3S.C25H32N3S.C22H26N2OS.2CH3/c1-2-3-4-5-6-7-24-22-27-31(30(35-14-20-38-21-15-35)29(24)34-12-18-37-19-13-34)39-28-23-25(8-9-26(28)32-27)33-10-16-36-17-11-33;1-2-3-4-5-6-7-20-18-23-27(25(26(20)31)30-12-16-33-17-13-30)34-24-19-21(8-9-22(24)28-23)29-10-14-32-15-11-29;1-2-3-4-5-6-9-19-16-22-25(18-23(19)28-14-8-15-28)29-24-17-20(27-12-7-13-27)10-11-21(24)26-22;1-2-3-4-5-6-8-16-13-19-22(15-20(16)25)26-21-14-17(24-11-7-12-24)9-10-18(21)23-19;;/h8-9,22-23H,2-7,10-21H2,1H3;8-9,18-19H,2-7,10-17H2,1H3;10-11,16-18H,2-9,12-15H2,1H3;9-10,13-15H,2-8,11-12H2,1H3;2*1H3/q+1;;+1;;2*-1. The number of aryl methyl sites for hydroxylation is 4. The highest BCUT2D eigenvalue weighted by molar-refractivity contribution is 7.23. The maximum Gasteiger partial charge on any atom is 0.228 e. The highest BCUT2D eigenvalue weighted by Gasteiger charge is 2.32. The number of ether oxygens (including phenoxy) is 5. The van der Waals surface area contributed by atoms with E-state index >= 15 is 0 Å². The van der Waals surface area contributed by atoms with Gasteiger partial charge in [0, 0.05) is 136 Å². The molecule has 4 aromatic rings.